The lowest BCUT2D eigenvalue weighted by atomic mass is 9.70. The second kappa shape index (κ2) is 18.2. The number of thiophene rings is 1. The fourth-order valence-corrected chi connectivity index (χ4v) is 10.4. The van der Waals surface area contributed by atoms with E-state index in [2.05, 4.69) is 5.16 Å². The number of likely N-dealkylation sites (N-methyl/N-ethyl adjacent to an activating group) is 1. The molecule has 0 amide bonds. The molecule has 2 bridgehead atoms. The fourth-order valence-electron chi connectivity index (χ4n) is 9.67. The number of oxime groups is 1. The standard InChI is InChI=1S/C44H62N2O11S/c1-11-35-44(8)32(20-36(47)56-44)26(4)37(48)24(2)21-43(7)40(55-42-38(49)33(46(9)10)18-25(3)53-42)27(5)39(28(6)41(50)54-35)51-22-30(23-52-43)45-57-31-15-12-14-29(19-31)34-16-13-17-58-34/h12-17,19,24-28,32-33,35,38-40,42,49H,11,18,20-23H2,1-10H3/b45-30-/t24-,25-,26-,27+,28-,32+,33+,35-,38-,39+,40-,42+,43-,44+/m1/s1. The van der Waals surface area contributed by atoms with E-state index in [0.29, 0.717) is 24.3 Å². The van der Waals surface area contributed by atoms with E-state index < -0.39 is 83.4 Å². The van der Waals surface area contributed by atoms with Crippen LogP contribution in [0, 0.1) is 29.6 Å². The molecule has 58 heavy (non-hydrogen) atoms. The molecule has 0 radical (unpaired) electrons. The van der Waals surface area contributed by atoms with Crippen molar-refractivity contribution in [3.8, 4) is 16.2 Å². The molecule has 1 N–H and O–H groups in total. The number of carbonyl (C=O) groups is 3. The van der Waals surface area contributed by atoms with Gasteiger partial charge in [0, 0.05) is 34.6 Å². The van der Waals surface area contributed by atoms with Crippen molar-refractivity contribution in [1.29, 1.82) is 0 Å². The number of fused-ring (bicyclic) bond motifs is 4. The normalized spacial score (nSPS) is 39.9. The van der Waals surface area contributed by atoms with Crippen molar-refractivity contribution in [2.24, 2.45) is 34.7 Å². The van der Waals surface area contributed by atoms with Crippen LogP contribution in [-0.2, 0) is 42.8 Å². The number of cyclic esters (lactones) is 1. The van der Waals surface area contributed by atoms with Gasteiger partial charge in [-0.3, -0.25) is 14.4 Å². The van der Waals surface area contributed by atoms with Crippen molar-refractivity contribution >= 4 is 34.8 Å². The second-order valence-corrected chi connectivity index (χ2v) is 18.5. The predicted octanol–water partition coefficient (Wildman–Crippen LogP) is 6.30. The highest BCUT2D eigenvalue weighted by Crippen LogP contribution is 2.46. The summed E-state index contributed by atoms with van der Waals surface area (Å²) in [6.45, 7) is 14.7. The maximum atomic E-state index is 14.6. The molecule has 14 atom stereocenters. The predicted molar refractivity (Wildman–Crippen MR) is 218 cm³/mol. The molecular weight excluding hydrogens is 765 g/mol. The van der Waals surface area contributed by atoms with Gasteiger partial charge < -0.3 is 43.3 Å². The highest BCUT2D eigenvalue weighted by molar-refractivity contribution is 7.13. The summed E-state index contributed by atoms with van der Waals surface area (Å²) in [6.07, 6.45) is -3.65. The molecule has 1 aromatic carbocycles. The van der Waals surface area contributed by atoms with E-state index in [9.17, 15) is 19.5 Å². The van der Waals surface area contributed by atoms with E-state index in [0.717, 1.165) is 10.4 Å². The summed E-state index contributed by atoms with van der Waals surface area (Å²) in [5, 5.41) is 18.2. The van der Waals surface area contributed by atoms with Gasteiger partial charge >= 0.3 is 11.9 Å². The van der Waals surface area contributed by atoms with Gasteiger partial charge in [0.2, 0.25) is 0 Å². The number of Topliss-reactive ketones (excluding diaryl/α,β-unsaturated/α-hetero) is 1. The Kier molecular flexibility index (Phi) is 13.9. The van der Waals surface area contributed by atoms with Gasteiger partial charge in [0.05, 0.1) is 49.5 Å². The lowest BCUT2D eigenvalue weighted by Crippen LogP contribution is -2.60. The molecule has 4 aliphatic heterocycles. The summed E-state index contributed by atoms with van der Waals surface area (Å²) in [5.41, 5.74) is -1.04. The lowest BCUT2D eigenvalue weighted by Gasteiger charge is -2.48. The molecule has 5 heterocycles. The number of nitrogens with zero attached hydrogens (tertiary/aromatic N) is 2. The molecule has 1 aromatic heterocycles. The SMILES string of the molecule is CC[C@H]1OC(=O)[C@H](C)[C@H]2OC/C(=N/Oc3cccc(-c4cccs4)c3)CO[C@](C)(C[C@@H](C)C(=O)[C@H](C)[C@@H]3CC(=O)O[C@]13C)[C@H](O[C@@H]1O[C@H](C)C[C@H](N(C)C)[C@H]1O)[C@H]2C. The minimum Gasteiger partial charge on any atom is -0.458 e. The number of esters is 2. The van der Waals surface area contributed by atoms with E-state index in [1.165, 1.54) is 0 Å². The Bertz CT molecular complexity index is 1790. The number of ether oxygens (including phenoxy) is 6. The zero-order valence-corrected chi connectivity index (χ0v) is 36.4. The van der Waals surface area contributed by atoms with Crippen molar-refractivity contribution in [3.05, 3.63) is 41.8 Å². The van der Waals surface area contributed by atoms with Crippen LogP contribution in [0.25, 0.3) is 10.4 Å². The van der Waals surface area contributed by atoms with Crippen LogP contribution < -0.4 is 4.84 Å². The minimum absolute atomic E-state index is 0.0280. The largest absolute Gasteiger partial charge is 0.458 e. The van der Waals surface area contributed by atoms with Gasteiger partial charge in [-0.1, -0.05) is 51.0 Å². The average Bonchev–Trinajstić information content (AvgIpc) is 3.85. The van der Waals surface area contributed by atoms with Gasteiger partial charge in [-0.05, 0) is 90.2 Å². The Morgan fingerprint density at radius 1 is 1.02 bits per heavy atom. The number of ketones is 1. The summed E-state index contributed by atoms with van der Waals surface area (Å²) in [5.74, 6) is -3.71. The van der Waals surface area contributed by atoms with Gasteiger partial charge in [-0.2, -0.15) is 0 Å². The van der Waals surface area contributed by atoms with Crippen LogP contribution in [0.5, 0.6) is 5.75 Å². The van der Waals surface area contributed by atoms with Crippen LogP contribution >= 0.6 is 11.3 Å². The molecule has 0 saturated carbocycles. The molecule has 4 fully saturated rings. The molecule has 2 aromatic rings. The first kappa shape index (κ1) is 44.3. The van der Waals surface area contributed by atoms with Crippen molar-refractivity contribution < 1.29 is 52.7 Å². The van der Waals surface area contributed by atoms with Crippen molar-refractivity contribution in [1.82, 2.24) is 4.90 Å². The van der Waals surface area contributed by atoms with Gasteiger partial charge in [0.25, 0.3) is 0 Å². The molecule has 320 valence electrons. The molecule has 6 rings (SSSR count). The number of rotatable bonds is 7. The van der Waals surface area contributed by atoms with Gasteiger partial charge in [0.1, 0.15) is 29.3 Å². The summed E-state index contributed by atoms with van der Waals surface area (Å²) >= 11 is 1.63. The monoisotopic (exact) mass is 826 g/mol. The Morgan fingerprint density at radius 2 is 1.78 bits per heavy atom. The number of carbonyl (C=O) groups excluding carboxylic acids is 3. The Balaban J connectivity index is 1.43. The smallest absolute Gasteiger partial charge is 0.311 e. The molecule has 0 unspecified atom stereocenters. The Morgan fingerprint density at radius 3 is 2.47 bits per heavy atom. The maximum absolute atomic E-state index is 14.6. The minimum atomic E-state index is -1.23. The van der Waals surface area contributed by atoms with Gasteiger partial charge in [-0.25, -0.2) is 0 Å². The highest BCUT2D eigenvalue weighted by atomic mass is 32.1. The van der Waals surface area contributed by atoms with Crippen molar-refractivity contribution in [2.45, 2.75) is 135 Å². The van der Waals surface area contributed by atoms with Crippen LogP contribution in [0.4, 0.5) is 0 Å². The molecular formula is C44H62N2O11S. The van der Waals surface area contributed by atoms with Crippen molar-refractivity contribution in [2.75, 3.05) is 27.3 Å². The summed E-state index contributed by atoms with van der Waals surface area (Å²) < 4.78 is 39.1. The third-order valence-corrected chi connectivity index (χ3v) is 13.8. The van der Waals surface area contributed by atoms with Gasteiger partial charge in [0.15, 0.2) is 12.0 Å². The van der Waals surface area contributed by atoms with Crippen LogP contribution in [0.1, 0.15) is 81.1 Å². The Hall–Kier alpha value is -3.24. The number of aliphatic hydroxyl groups is 1. The quantitative estimate of drug-likeness (QED) is 0.247. The second-order valence-electron chi connectivity index (χ2n) is 17.5. The first-order chi connectivity index (χ1) is 27.4. The molecule has 4 saturated heterocycles. The third kappa shape index (κ3) is 9.23. The van der Waals surface area contributed by atoms with Crippen LogP contribution in [0.2, 0.25) is 0 Å². The zero-order chi connectivity index (χ0) is 42.1. The Labute approximate surface area is 346 Å². The van der Waals surface area contributed by atoms with Crippen LogP contribution in [0.3, 0.4) is 0 Å². The molecule has 4 aliphatic rings. The van der Waals surface area contributed by atoms with Crippen LogP contribution in [0.15, 0.2) is 46.9 Å². The van der Waals surface area contributed by atoms with Gasteiger partial charge in [-0.15, -0.1) is 11.3 Å². The number of benzene rings is 1. The van der Waals surface area contributed by atoms with Crippen LogP contribution in [-0.4, -0.2) is 115 Å². The fraction of sp³-hybridized carbons (Fsp3) is 0.682. The zero-order valence-electron chi connectivity index (χ0n) is 35.5. The van der Waals surface area contributed by atoms with E-state index in [4.69, 9.17) is 33.3 Å². The summed E-state index contributed by atoms with van der Waals surface area (Å²) in [4.78, 5) is 51.0. The van der Waals surface area contributed by atoms with E-state index in [1.807, 2.05) is 102 Å². The summed E-state index contributed by atoms with van der Waals surface area (Å²) in [6, 6.07) is 11.4. The topological polar surface area (TPSA) is 152 Å². The molecule has 0 spiro atoms. The highest BCUT2D eigenvalue weighted by Gasteiger charge is 2.57. The van der Waals surface area contributed by atoms with E-state index in [-0.39, 0.29) is 44.0 Å². The molecule has 0 aliphatic carbocycles. The number of hydrogen-bond acceptors (Lipinski definition) is 14. The summed E-state index contributed by atoms with van der Waals surface area (Å²) in [7, 11) is 3.82. The van der Waals surface area contributed by atoms with E-state index in [1.54, 1.807) is 25.2 Å². The molecule has 13 nitrogen and oxygen atoms in total. The lowest BCUT2D eigenvalue weighted by molar-refractivity contribution is -0.302. The average molecular weight is 827 g/mol. The maximum Gasteiger partial charge on any atom is 0.311 e. The first-order valence-electron chi connectivity index (χ1n) is 20.7. The number of hydrogen-bond donors (Lipinski definition) is 1. The number of aliphatic hydroxyl groups excluding tert-OH is 1. The van der Waals surface area contributed by atoms with E-state index >= 15 is 0 Å². The first-order valence-corrected chi connectivity index (χ1v) is 21.6. The third-order valence-electron chi connectivity index (χ3n) is 12.9. The molecule has 14 heteroatoms. The van der Waals surface area contributed by atoms with Crippen molar-refractivity contribution in [3.63, 3.8) is 0 Å².